The Morgan fingerprint density at radius 3 is 2.68 bits per heavy atom. The van der Waals surface area contributed by atoms with E-state index in [1.165, 1.54) is 10.5 Å². The maximum absolute atomic E-state index is 12.5. The molecular formula is C21H33N5O2. The first kappa shape index (κ1) is 20.7. The molecule has 1 aromatic rings. The largest absolute Gasteiger partial charge is 0.347 e. The van der Waals surface area contributed by atoms with E-state index in [1.54, 1.807) is 14.1 Å². The van der Waals surface area contributed by atoms with Crippen LogP contribution in [0.1, 0.15) is 31.2 Å². The lowest BCUT2D eigenvalue weighted by atomic mass is 9.93. The molecule has 2 saturated heterocycles. The van der Waals surface area contributed by atoms with Crippen molar-refractivity contribution in [2.45, 2.75) is 38.3 Å². The molecule has 1 N–H and O–H groups in total. The van der Waals surface area contributed by atoms with Crippen LogP contribution in [0, 0.1) is 5.92 Å². The maximum atomic E-state index is 12.5. The van der Waals surface area contributed by atoms with Gasteiger partial charge in [-0.25, -0.2) is 0 Å². The number of nitrogens with one attached hydrogen (secondary N) is 1. The van der Waals surface area contributed by atoms with E-state index in [0.717, 1.165) is 58.4 Å². The highest BCUT2D eigenvalue weighted by Gasteiger charge is 2.31. The van der Waals surface area contributed by atoms with Crippen LogP contribution in [-0.4, -0.2) is 84.4 Å². The SMILES string of the molecule is CN(C)C(=O)CNC(=O)[C@H]1CCCN(C2CCN(Cc3cccnc3)CC2)C1. The van der Waals surface area contributed by atoms with Gasteiger partial charge in [-0.1, -0.05) is 6.07 Å². The number of aromatic nitrogens is 1. The number of carbonyl (C=O) groups is 2. The van der Waals surface area contributed by atoms with Gasteiger partial charge in [0.2, 0.25) is 11.8 Å². The first-order valence-corrected chi connectivity index (χ1v) is 10.4. The second-order valence-electron chi connectivity index (χ2n) is 8.21. The molecule has 3 rings (SSSR count). The molecule has 2 fully saturated rings. The molecule has 1 aromatic heterocycles. The quantitative estimate of drug-likeness (QED) is 0.788. The van der Waals surface area contributed by atoms with Crippen LogP contribution in [-0.2, 0) is 16.1 Å². The van der Waals surface area contributed by atoms with Gasteiger partial charge in [0.05, 0.1) is 12.5 Å². The molecule has 1 atom stereocenters. The molecule has 7 heteroatoms. The summed E-state index contributed by atoms with van der Waals surface area (Å²) in [5, 5.41) is 2.82. The van der Waals surface area contributed by atoms with Gasteiger partial charge in [-0.3, -0.25) is 24.4 Å². The number of piperidine rings is 2. The summed E-state index contributed by atoms with van der Waals surface area (Å²) >= 11 is 0. The summed E-state index contributed by atoms with van der Waals surface area (Å²) in [7, 11) is 3.41. The van der Waals surface area contributed by atoms with Crippen LogP contribution < -0.4 is 5.32 Å². The molecule has 7 nitrogen and oxygen atoms in total. The summed E-state index contributed by atoms with van der Waals surface area (Å²) in [5.41, 5.74) is 1.27. The van der Waals surface area contributed by atoms with E-state index in [4.69, 9.17) is 0 Å². The minimum absolute atomic E-state index is 0.00265. The van der Waals surface area contributed by atoms with Gasteiger partial charge in [0, 0.05) is 45.6 Å². The van der Waals surface area contributed by atoms with Gasteiger partial charge in [0.25, 0.3) is 0 Å². The summed E-state index contributed by atoms with van der Waals surface area (Å²) in [5.74, 6) is -0.0481. The first-order chi connectivity index (χ1) is 13.5. The zero-order valence-electron chi connectivity index (χ0n) is 17.1. The van der Waals surface area contributed by atoms with Crippen molar-refractivity contribution < 1.29 is 9.59 Å². The normalized spacial score (nSPS) is 22.0. The molecule has 0 bridgehead atoms. The van der Waals surface area contributed by atoms with Crippen LogP contribution in [0.3, 0.4) is 0 Å². The van der Waals surface area contributed by atoms with Crippen molar-refractivity contribution in [2.24, 2.45) is 5.92 Å². The highest BCUT2D eigenvalue weighted by molar-refractivity contribution is 5.85. The molecule has 2 aliphatic heterocycles. The highest BCUT2D eigenvalue weighted by Crippen LogP contribution is 2.24. The van der Waals surface area contributed by atoms with Crippen molar-refractivity contribution >= 4 is 11.8 Å². The average molecular weight is 388 g/mol. The number of likely N-dealkylation sites (tertiary alicyclic amines) is 2. The molecule has 0 aliphatic carbocycles. The van der Waals surface area contributed by atoms with Gasteiger partial charge in [0.1, 0.15) is 0 Å². The molecule has 3 heterocycles. The summed E-state index contributed by atoms with van der Waals surface area (Å²) in [6, 6.07) is 4.69. The Balaban J connectivity index is 1.43. The van der Waals surface area contributed by atoms with Crippen LogP contribution >= 0.6 is 0 Å². The Kier molecular flexibility index (Phi) is 7.39. The number of rotatable bonds is 6. The van der Waals surface area contributed by atoms with E-state index in [0.29, 0.717) is 6.04 Å². The van der Waals surface area contributed by atoms with Crippen LogP contribution in [0.15, 0.2) is 24.5 Å². The van der Waals surface area contributed by atoms with Crippen LogP contribution in [0.25, 0.3) is 0 Å². The van der Waals surface area contributed by atoms with E-state index < -0.39 is 0 Å². The third-order valence-corrected chi connectivity index (χ3v) is 5.94. The lowest BCUT2D eigenvalue weighted by Crippen LogP contribution is -2.51. The van der Waals surface area contributed by atoms with E-state index in [-0.39, 0.29) is 24.3 Å². The van der Waals surface area contributed by atoms with Crippen molar-refractivity contribution in [1.29, 1.82) is 0 Å². The zero-order valence-corrected chi connectivity index (χ0v) is 17.1. The van der Waals surface area contributed by atoms with E-state index in [2.05, 4.69) is 26.2 Å². The molecule has 0 aromatic carbocycles. The lowest BCUT2D eigenvalue weighted by molar-refractivity contribution is -0.133. The predicted octanol–water partition coefficient (Wildman–Crippen LogP) is 0.962. The zero-order chi connectivity index (χ0) is 19.9. The van der Waals surface area contributed by atoms with E-state index in [1.807, 2.05) is 18.5 Å². The van der Waals surface area contributed by atoms with Crippen molar-refractivity contribution in [2.75, 3.05) is 46.8 Å². The maximum Gasteiger partial charge on any atom is 0.241 e. The standard InChI is InChI=1S/C21H33N5O2/c1-24(2)20(27)14-23-21(28)18-6-4-10-26(16-18)19-7-11-25(12-8-19)15-17-5-3-9-22-13-17/h3,5,9,13,18-19H,4,6-8,10-12,14-16H2,1-2H3,(H,23,28)/t18-/m0/s1. The molecule has 0 unspecified atom stereocenters. The molecule has 2 amide bonds. The second-order valence-corrected chi connectivity index (χ2v) is 8.21. The number of pyridine rings is 1. The molecule has 0 spiro atoms. The Hall–Kier alpha value is -1.99. The smallest absolute Gasteiger partial charge is 0.241 e. The molecule has 28 heavy (non-hydrogen) atoms. The monoisotopic (exact) mass is 387 g/mol. The minimum atomic E-state index is -0.0676. The van der Waals surface area contributed by atoms with Gasteiger partial charge in [0.15, 0.2) is 0 Å². The molecule has 154 valence electrons. The third-order valence-electron chi connectivity index (χ3n) is 5.94. The molecule has 0 saturated carbocycles. The first-order valence-electron chi connectivity index (χ1n) is 10.4. The van der Waals surface area contributed by atoms with Crippen LogP contribution in [0.5, 0.6) is 0 Å². The Morgan fingerprint density at radius 1 is 1.21 bits per heavy atom. The predicted molar refractivity (Wildman–Crippen MR) is 109 cm³/mol. The summed E-state index contributed by atoms with van der Waals surface area (Å²) in [6.45, 7) is 5.12. The molecular weight excluding hydrogens is 354 g/mol. The Morgan fingerprint density at radius 2 is 2.00 bits per heavy atom. The lowest BCUT2D eigenvalue weighted by Gasteiger charge is -2.42. The fraction of sp³-hybridized carbons (Fsp3) is 0.667. The van der Waals surface area contributed by atoms with Gasteiger partial charge in [-0.05, 0) is 56.9 Å². The number of hydrogen-bond donors (Lipinski definition) is 1. The Labute approximate surface area is 168 Å². The van der Waals surface area contributed by atoms with Crippen molar-refractivity contribution in [1.82, 2.24) is 25.0 Å². The van der Waals surface area contributed by atoms with Gasteiger partial charge in [-0.2, -0.15) is 0 Å². The number of carbonyl (C=O) groups excluding carboxylic acids is 2. The molecule has 0 radical (unpaired) electrons. The van der Waals surface area contributed by atoms with E-state index in [9.17, 15) is 9.59 Å². The van der Waals surface area contributed by atoms with Crippen LogP contribution in [0.4, 0.5) is 0 Å². The number of nitrogens with zero attached hydrogens (tertiary/aromatic N) is 4. The minimum Gasteiger partial charge on any atom is -0.347 e. The number of hydrogen-bond acceptors (Lipinski definition) is 5. The number of amides is 2. The second kappa shape index (κ2) is 9.98. The van der Waals surface area contributed by atoms with Crippen molar-refractivity contribution in [3.8, 4) is 0 Å². The molecule has 2 aliphatic rings. The third kappa shape index (κ3) is 5.75. The van der Waals surface area contributed by atoms with Crippen molar-refractivity contribution in [3.05, 3.63) is 30.1 Å². The van der Waals surface area contributed by atoms with Gasteiger partial charge in [-0.15, -0.1) is 0 Å². The van der Waals surface area contributed by atoms with Gasteiger partial charge >= 0.3 is 0 Å². The van der Waals surface area contributed by atoms with E-state index >= 15 is 0 Å². The fourth-order valence-electron chi connectivity index (χ4n) is 4.21. The summed E-state index contributed by atoms with van der Waals surface area (Å²) < 4.78 is 0. The fourth-order valence-corrected chi connectivity index (χ4v) is 4.21. The Bertz CT molecular complexity index is 643. The highest BCUT2D eigenvalue weighted by atomic mass is 16.2. The summed E-state index contributed by atoms with van der Waals surface area (Å²) in [6.07, 6.45) is 8.02. The topological polar surface area (TPSA) is 68.8 Å². The van der Waals surface area contributed by atoms with Gasteiger partial charge < -0.3 is 10.2 Å². The average Bonchev–Trinajstić information content (AvgIpc) is 2.73. The summed E-state index contributed by atoms with van der Waals surface area (Å²) in [4.78, 5) is 34.9. The number of likely N-dealkylation sites (N-methyl/N-ethyl adjacent to an activating group) is 1. The van der Waals surface area contributed by atoms with Crippen molar-refractivity contribution in [3.63, 3.8) is 0 Å². The van der Waals surface area contributed by atoms with Crippen LogP contribution in [0.2, 0.25) is 0 Å².